The fourth-order valence-corrected chi connectivity index (χ4v) is 7.64. The van der Waals surface area contributed by atoms with E-state index in [0.29, 0.717) is 4.90 Å². The molecule has 2 heterocycles. The van der Waals surface area contributed by atoms with E-state index < -0.39 is 65.9 Å². The molecule has 17 nitrogen and oxygen atoms in total. The monoisotopic (exact) mass is 668 g/mol. The lowest BCUT2D eigenvalue weighted by Gasteiger charge is -2.19. The smallest absolute Gasteiger partial charge is 0.387 e. The van der Waals surface area contributed by atoms with Gasteiger partial charge in [-0.05, 0) is 23.3 Å². The minimum atomic E-state index is -5.78. The van der Waals surface area contributed by atoms with E-state index in [1.54, 1.807) is 12.1 Å². The number of benzene rings is 2. The number of aliphatic hydroxyl groups is 2. The van der Waals surface area contributed by atoms with Crippen LogP contribution in [0.1, 0.15) is 6.23 Å². The lowest BCUT2D eigenvalue weighted by Crippen LogP contribution is -2.38. The largest absolute Gasteiger partial charge is 0.490 e. The number of aromatic nitrogens is 2. The van der Waals surface area contributed by atoms with Crippen molar-refractivity contribution in [2.45, 2.75) is 34.3 Å². The topological polar surface area (TPSA) is 264 Å². The van der Waals surface area contributed by atoms with Gasteiger partial charge in [0.25, 0.3) is 5.56 Å². The van der Waals surface area contributed by atoms with Crippen LogP contribution in [-0.4, -0.2) is 64.3 Å². The maximum Gasteiger partial charge on any atom is 0.490 e. The maximum absolute atomic E-state index is 12.5. The van der Waals surface area contributed by atoms with Crippen LogP contribution in [0.3, 0.4) is 0 Å². The minimum Gasteiger partial charge on any atom is -0.387 e. The second-order valence-corrected chi connectivity index (χ2v) is 14.1. The van der Waals surface area contributed by atoms with E-state index in [-0.39, 0.29) is 4.90 Å². The highest BCUT2D eigenvalue weighted by Crippen LogP contribution is 2.66. The Kier molecular flexibility index (Phi) is 9.94. The molecule has 1 fully saturated rings. The van der Waals surface area contributed by atoms with Crippen LogP contribution in [-0.2, 0) is 31.6 Å². The highest BCUT2D eigenvalue weighted by molar-refractivity contribution is 7.99. The number of H-pyrrole nitrogens is 1. The van der Waals surface area contributed by atoms with Crippen LogP contribution in [0.2, 0.25) is 0 Å². The van der Waals surface area contributed by atoms with Gasteiger partial charge < -0.3 is 34.5 Å². The summed E-state index contributed by atoms with van der Waals surface area (Å²) in [6.45, 7) is -1.08. The number of aliphatic hydroxyl groups excluding tert-OH is 2. The van der Waals surface area contributed by atoms with E-state index in [1.165, 1.54) is 0 Å². The van der Waals surface area contributed by atoms with Gasteiger partial charge in [-0.3, -0.25) is 18.9 Å². The van der Waals surface area contributed by atoms with Crippen LogP contribution in [0, 0.1) is 0 Å². The van der Waals surface area contributed by atoms with Crippen LogP contribution in [0.15, 0.2) is 80.2 Å². The zero-order valence-electron chi connectivity index (χ0n) is 20.8. The molecule has 2 aromatic carbocycles. The van der Waals surface area contributed by atoms with Crippen molar-refractivity contribution >= 4 is 35.2 Å². The molecule has 0 spiro atoms. The summed E-state index contributed by atoms with van der Waals surface area (Å²) in [4.78, 5) is 63.8. The molecule has 4 rings (SSSR count). The molecule has 21 heteroatoms. The molecule has 228 valence electrons. The van der Waals surface area contributed by atoms with Gasteiger partial charge in [0, 0.05) is 11.1 Å². The molecule has 1 aromatic heterocycles. The van der Waals surface area contributed by atoms with Crippen LogP contribution >= 0.6 is 35.2 Å². The summed E-state index contributed by atoms with van der Waals surface area (Å²) >= 11 is 0.993. The van der Waals surface area contributed by atoms with Crippen LogP contribution in [0.25, 0.3) is 11.1 Å². The number of phosphoric acid groups is 3. The summed E-state index contributed by atoms with van der Waals surface area (Å²) in [5.74, 6) is 0. The van der Waals surface area contributed by atoms with Gasteiger partial charge in [-0.1, -0.05) is 54.2 Å². The number of nitrogens with zero attached hydrogens (tertiary/aromatic N) is 1. The number of phosphoric ester groups is 1. The first-order valence-corrected chi connectivity index (χ1v) is 16.9. The first-order chi connectivity index (χ1) is 19.5. The lowest BCUT2D eigenvalue weighted by atomic mass is 10.1. The minimum absolute atomic E-state index is 0.0177. The molecule has 0 saturated carbocycles. The van der Waals surface area contributed by atoms with Crippen molar-refractivity contribution in [1.82, 2.24) is 9.55 Å². The Labute approximate surface area is 239 Å². The average molecular weight is 668 g/mol. The lowest BCUT2D eigenvalue weighted by molar-refractivity contribution is -0.0545. The van der Waals surface area contributed by atoms with Gasteiger partial charge in [0.1, 0.15) is 18.3 Å². The molecule has 0 radical (unpaired) electrons. The molecular formula is C21H23N2O15P3S. The molecule has 1 saturated heterocycles. The van der Waals surface area contributed by atoms with E-state index in [1.807, 2.05) is 42.5 Å². The fraction of sp³-hybridized carbons (Fsp3) is 0.238. The predicted octanol–water partition coefficient (Wildman–Crippen LogP) is 1.32. The highest BCUT2D eigenvalue weighted by Gasteiger charge is 2.47. The molecule has 42 heavy (non-hydrogen) atoms. The number of ether oxygens (including phenoxy) is 1. The quantitative estimate of drug-likeness (QED) is 0.142. The average Bonchev–Trinajstić information content (AvgIpc) is 3.16. The zero-order valence-corrected chi connectivity index (χ0v) is 24.3. The van der Waals surface area contributed by atoms with E-state index in [9.17, 15) is 43.3 Å². The van der Waals surface area contributed by atoms with Crippen molar-refractivity contribution in [2.75, 3.05) is 6.61 Å². The summed E-state index contributed by atoms with van der Waals surface area (Å²) < 4.78 is 52.0. The third-order valence-corrected chi connectivity index (χ3v) is 10.4. The van der Waals surface area contributed by atoms with E-state index >= 15 is 0 Å². The van der Waals surface area contributed by atoms with Crippen molar-refractivity contribution in [3.8, 4) is 11.1 Å². The van der Waals surface area contributed by atoms with Gasteiger partial charge in [0.05, 0.1) is 11.5 Å². The zero-order chi connectivity index (χ0) is 30.9. The summed E-state index contributed by atoms with van der Waals surface area (Å²) in [5, 5.41) is 20.8. The van der Waals surface area contributed by atoms with Crippen LogP contribution in [0.5, 0.6) is 0 Å². The van der Waals surface area contributed by atoms with E-state index in [2.05, 4.69) is 18.1 Å². The molecule has 1 aliphatic rings. The fourth-order valence-electron chi connectivity index (χ4n) is 3.77. The standard InChI is InChI=1S/C21H23N2O15P3S/c24-17-15(11-35-40(31,32)38-41(33,34)37-39(28,29)30)36-20(18(17)25)23-10-16(19(26)22-21(23)27)42-14-8-6-13(7-9-14)12-4-2-1-3-5-12/h1-10,15,17-18,20,24-25H,11H2,(H,31,32)(H,33,34)(H,22,26,27)(H2,28,29,30)/t15-,17-,18-,20-/m1/s1. The number of hydrogen-bond donors (Lipinski definition) is 7. The van der Waals surface area contributed by atoms with Gasteiger partial charge in [0.2, 0.25) is 0 Å². The molecule has 2 unspecified atom stereocenters. The second-order valence-electron chi connectivity index (χ2n) is 8.59. The van der Waals surface area contributed by atoms with Gasteiger partial charge in [-0.15, -0.1) is 0 Å². The first-order valence-electron chi connectivity index (χ1n) is 11.5. The first kappa shape index (κ1) is 32.7. The summed E-state index contributed by atoms with van der Waals surface area (Å²) in [7, 11) is -16.9. The highest BCUT2D eigenvalue weighted by atomic mass is 32.2. The third kappa shape index (κ3) is 8.44. The molecule has 1 aliphatic heterocycles. The molecule has 7 N–H and O–H groups in total. The molecule has 6 atom stereocenters. The maximum atomic E-state index is 12.5. The van der Waals surface area contributed by atoms with Crippen molar-refractivity contribution in [2.24, 2.45) is 0 Å². The summed E-state index contributed by atoms with van der Waals surface area (Å²) in [6, 6.07) is 16.7. The van der Waals surface area contributed by atoms with Crippen LogP contribution < -0.4 is 11.2 Å². The van der Waals surface area contributed by atoms with Crippen molar-refractivity contribution in [3.05, 3.63) is 81.6 Å². The molecule has 3 aromatic rings. The van der Waals surface area contributed by atoms with E-state index in [0.717, 1.165) is 33.7 Å². The van der Waals surface area contributed by atoms with Crippen LogP contribution in [0.4, 0.5) is 0 Å². The molecular weight excluding hydrogens is 645 g/mol. The van der Waals surface area contributed by atoms with E-state index in [4.69, 9.17) is 14.5 Å². The Morgan fingerprint density at radius 2 is 1.48 bits per heavy atom. The van der Waals surface area contributed by atoms with Gasteiger partial charge in [0.15, 0.2) is 6.23 Å². The molecule has 0 bridgehead atoms. The van der Waals surface area contributed by atoms with Crippen molar-refractivity contribution < 1.29 is 61.4 Å². The number of aromatic amines is 1. The Morgan fingerprint density at radius 1 is 0.857 bits per heavy atom. The third-order valence-electron chi connectivity index (χ3n) is 5.55. The predicted molar refractivity (Wildman–Crippen MR) is 143 cm³/mol. The molecule has 0 amide bonds. The SMILES string of the molecule is O=c1[nH]c(=O)n([C@@H]2O[C@H](COP(=O)(O)OP(=O)(O)OP(=O)(O)O)[C@@H](O)[C@H]2O)cc1Sc1ccc(-c2ccccc2)cc1. The Hall–Kier alpha value is -2.24. The number of nitrogens with one attached hydrogen (secondary N) is 1. The number of rotatable bonds is 11. The van der Waals surface area contributed by atoms with Gasteiger partial charge in [-0.2, -0.15) is 8.62 Å². The van der Waals surface area contributed by atoms with Gasteiger partial charge in [-0.25, -0.2) is 18.5 Å². The Balaban J connectivity index is 1.47. The summed E-state index contributed by atoms with van der Waals surface area (Å²) in [5.41, 5.74) is 0.144. The van der Waals surface area contributed by atoms with Crippen molar-refractivity contribution in [1.29, 1.82) is 0 Å². The number of hydrogen-bond acceptors (Lipinski definition) is 12. The van der Waals surface area contributed by atoms with Gasteiger partial charge >= 0.3 is 29.2 Å². The Morgan fingerprint density at radius 3 is 2.10 bits per heavy atom. The molecule has 0 aliphatic carbocycles. The normalized spacial score (nSPS) is 23.8. The summed E-state index contributed by atoms with van der Waals surface area (Å²) in [6.07, 6.45) is -5.84. The van der Waals surface area contributed by atoms with Crippen molar-refractivity contribution in [3.63, 3.8) is 0 Å². The second kappa shape index (κ2) is 12.8. The Bertz CT molecular complexity index is 1680.